The summed E-state index contributed by atoms with van der Waals surface area (Å²) in [5.41, 5.74) is 0.469. The number of carbonyl (C=O) groups excluding carboxylic acids is 1. The lowest BCUT2D eigenvalue weighted by molar-refractivity contribution is -0.141. The maximum Gasteiger partial charge on any atom is 0.307 e. The molecule has 1 saturated heterocycles. The van der Waals surface area contributed by atoms with Crippen LogP contribution in [-0.2, 0) is 23.2 Å². The van der Waals surface area contributed by atoms with Crippen LogP contribution in [0.25, 0.3) is 0 Å². The molecule has 8 heteroatoms. The fourth-order valence-corrected chi connectivity index (χ4v) is 4.27. The average molecular weight is 366 g/mol. The van der Waals surface area contributed by atoms with Crippen molar-refractivity contribution in [3.63, 3.8) is 0 Å². The normalized spacial score (nSPS) is 30.3. The molecule has 1 aliphatic heterocycles. The van der Waals surface area contributed by atoms with E-state index in [0.29, 0.717) is 26.1 Å². The molecular weight excluding hydrogens is 339 g/mol. The molecule has 2 fully saturated rings. The summed E-state index contributed by atoms with van der Waals surface area (Å²) in [6.07, 6.45) is 1.18. The summed E-state index contributed by atoms with van der Waals surface area (Å²) in [5.74, 6) is -2.23. The van der Waals surface area contributed by atoms with E-state index >= 15 is 0 Å². The van der Waals surface area contributed by atoms with Gasteiger partial charge in [0.25, 0.3) is 0 Å². The number of halogens is 1. The van der Waals surface area contributed by atoms with Crippen molar-refractivity contribution in [2.24, 2.45) is 24.3 Å². The Bertz CT molecular complexity index is 704. The molecule has 4 atom stereocenters. The van der Waals surface area contributed by atoms with Crippen LogP contribution in [0.15, 0.2) is 12.3 Å². The van der Waals surface area contributed by atoms with E-state index in [-0.39, 0.29) is 11.9 Å². The number of aryl methyl sites for hydroxylation is 1. The number of rotatable bonds is 6. The highest BCUT2D eigenvalue weighted by Crippen LogP contribution is 2.58. The Morgan fingerprint density at radius 2 is 2.12 bits per heavy atom. The van der Waals surface area contributed by atoms with Crippen LogP contribution in [0.2, 0.25) is 0 Å². The molecule has 0 unspecified atom stereocenters. The van der Waals surface area contributed by atoms with Crippen LogP contribution >= 0.6 is 0 Å². The number of likely N-dealkylation sites (tertiary alicyclic amines) is 1. The third kappa shape index (κ3) is 3.34. The highest BCUT2D eigenvalue weighted by molar-refractivity contribution is 5.91. The van der Waals surface area contributed by atoms with Crippen molar-refractivity contribution < 1.29 is 19.1 Å². The summed E-state index contributed by atoms with van der Waals surface area (Å²) in [4.78, 5) is 27.7. The fourth-order valence-electron chi connectivity index (χ4n) is 4.27. The largest absolute Gasteiger partial charge is 0.481 e. The number of aromatic nitrogens is 2. The molecule has 0 bridgehead atoms. The highest BCUT2D eigenvalue weighted by Gasteiger charge is 2.66. The third-order valence-electron chi connectivity index (χ3n) is 5.98. The van der Waals surface area contributed by atoms with Crippen molar-refractivity contribution in [3.8, 4) is 0 Å². The summed E-state index contributed by atoms with van der Waals surface area (Å²) in [7, 11) is 3.54. The van der Waals surface area contributed by atoms with Gasteiger partial charge in [0, 0.05) is 46.0 Å². The lowest BCUT2D eigenvalue weighted by Crippen LogP contribution is -2.42. The van der Waals surface area contributed by atoms with Gasteiger partial charge >= 0.3 is 5.97 Å². The minimum atomic E-state index is -0.927. The number of amides is 1. The van der Waals surface area contributed by atoms with Gasteiger partial charge in [0.1, 0.15) is 6.17 Å². The van der Waals surface area contributed by atoms with Crippen LogP contribution in [0.3, 0.4) is 0 Å². The molecule has 1 N–H and O–H groups in total. The predicted molar refractivity (Wildman–Crippen MR) is 93.0 cm³/mol. The Morgan fingerprint density at radius 3 is 2.65 bits per heavy atom. The molecule has 1 aromatic heterocycles. The van der Waals surface area contributed by atoms with Crippen molar-refractivity contribution in [1.29, 1.82) is 0 Å². The zero-order chi connectivity index (χ0) is 19.2. The number of carboxylic acid groups (broad SMARTS) is 1. The van der Waals surface area contributed by atoms with Crippen molar-refractivity contribution in [2.75, 3.05) is 20.1 Å². The number of carbonyl (C=O) groups is 2. The third-order valence-corrected chi connectivity index (χ3v) is 5.98. The van der Waals surface area contributed by atoms with Gasteiger partial charge in [-0.05, 0) is 17.9 Å². The smallest absolute Gasteiger partial charge is 0.307 e. The number of aliphatic carboxylic acids is 1. The summed E-state index contributed by atoms with van der Waals surface area (Å²) in [6, 6.07) is 1.82. The van der Waals surface area contributed by atoms with Gasteiger partial charge in [-0.2, -0.15) is 5.10 Å². The minimum Gasteiger partial charge on any atom is -0.481 e. The topological polar surface area (TPSA) is 78.7 Å². The molecule has 7 nitrogen and oxygen atoms in total. The Balaban J connectivity index is 1.64. The molecular formula is C18H27FN4O3. The van der Waals surface area contributed by atoms with E-state index < -0.39 is 29.4 Å². The summed E-state index contributed by atoms with van der Waals surface area (Å²) in [5, 5.41) is 13.4. The van der Waals surface area contributed by atoms with E-state index in [2.05, 4.69) is 5.10 Å². The molecule has 1 aliphatic carbocycles. The molecule has 1 saturated carbocycles. The minimum absolute atomic E-state index is 0.0843. The van der Waals surface area contributed by atoms with Gasteiger partial charge in [0.05, 0.1) is 17.5 Å². The Morgan fingerprint density at radius 1 is 1.42 bits per heavy atom. The van der Waals surface area contributed by atoms with Gasteiger partial charge in [-0.1, -0.05) is 13.8 Å². The van der Waals surface area contributed by atoms with Crippen LogP contribution in [0.4, 0.5) is 4.39 Å². The van der Waals surface area contributed by atoms with Crippen LogP contribution in [0.1, 0.15) is 26.0 Å². The van der Waals surface area contributed by atoms with E-state index in [4.69, 9.17) is 0 Å². The van der Waals surface area contributed by atoms with Crippen molar-refractivity contribution >= 4 is 11.9 Å². The quantitative estimate of drug-likeness (QED) is 0.817. The second-order valence-corrected chi connectivity index (χ2v) is 8.20. The SMILES string of the molecule is CN(C[C@@H]1C[C@H](F)CN1Cc1ccnn1C)C(=O)[C@@H]1[C@H](C(=O)O)C1(C)C. The molecule has 2 aliphatic rings. The predicted octanol–water partition coefficient (Wildman–Crippen LogP) is 1.15. The molecule has 26 heavy (non-hydrogen) atoms. The lowest BCUT2D eigenvalue weighted by atomic mass is 10.1. The van der Waals surface area contributed by atoms with Gasteiger partial charge < -0.3 is 10.0 Å². The first-order valence-electron chi connectivity index (χ1n) is 8.95. The number of hydrogen-bond acceptors (Lipinski definition) is 4. The molecule has 2 heterocycles. The Labute approximate surface area is 152 Å². The molecule has 1 aromatic rings. The highest BCUT2D eigenvalue weighted by atomic mass is 19.1. The Hall–Kier alpha value is -1.96. The van der Waals surface area contributed by atoms with Gasteiger partial charge in [0.2, 0.25) is 5.91 Å². The number of hydrogen-bond donors (Lipinski definition) is 1. The number of likely N-dealkylation sites (N-methyl/N-ethyl adjacent to an activating group) is 1. The van der Waals surface area contributed by atoms with Crippen LogP contribution < -0.4 is 0 Å². The molecule has 144 valence electrons. The monoisotopic (exact) mass is 366 g/mol. The lowest BCUT2D eigenvalue weighted by Gasteiger charge is -2.28. The van der Waals surface area contributed by atoms with Crippen LogP contribution in [0, 0.1) is 17.3 Å². The van der Waals surface area contributed by atoms with E-state index in [0.717, 1.165) is 5.69 Å². The molecule has 0 spiro atoms. The fraction of sp³-hybridized carbons (Fsp3) is 0.722. The first-order chi connectivity index (χ1) is 12.1. The number of nitrogens with zero attached hydrogens (tertiary/aromatic N) is 4. The standard InChI is InChI=1S/C18H27FN4O3/c1-18(2)14(15(18)17(25)26)16(24)21(3)9-13-7-11(19)8-23(13)10-12-5-6-20-22(12)4/h5-6,11,13-15H,7-10H2,1-4H3,(H,25,26)/t11-,13-,14-,15+/m0/s1. The molecule has 3 rings (SSSR count). The second-order valence-electron chi connectivity index (χ2n) is 8.20. The molecule has 0 aromatic carbocycles. The summed E-state index contributed by atoms with van der Waals surface area (Å²) < 4.78 is 15.8. The van der Waals surface area contributed by atoms with Crippen molar-refractivity contribution in [3.05, 3.63) is 18.0 Å². The van der Waals surface area contributed by atoms with Crippen LogP contribution in [0.5, 0.6) is 0 Å². The van der Waals surface area contributed by atoms with Crippen molar-refractivity contribution in [1.82, 2.24) is 19.6 Å². The maximum absolute atomic E-state index is 14.0. The average Bonchev–Trinajstić information content (AvgIpc) is 2.80. The van der Waals surface area contributed by atoms with Crippen molar-refractivity contribution in [2.45, 2.75) is 39.0 Å². The van der Waals surface area contributed by atoms with E-state index in [9.17, 15) is 19.1 Å². The zero-order valence-corrected chi connectivity index (χ0v) is 15.7. The second kappa shape index (κ2) is 6.64. The summed E-state index contributed by atoms with van der Waals surface area (Å²) >= 11 is 0. The van der Waals surface area contributed by atoms with Crippen LogP contribution in [-0.4, -0.2) is 68.9 Å². The zero-order valence-electron chi connectivity index (χ0n) is 15.7. The molecule has 0 radical (unpaired) electrons. The van der Waals surface area contributed by atoms with E-state index in [1.54, 1.807) is 22.8 Å². The number of carboxylic acids is 1. The summed E-state index contributed by atoms with van der Waals surface area (Å²) in [6.45, 7) is 4.94. The van der Waals surface area contributed by atoms with Gasteiger partial charge in [-0.15, -0.1) is 0 Å². The van der Waals surface area contributed by atoms with Gasteiger partial charge in [0.15, 0.2) is 0 Å². The first kappa shape index (κ1) is 18.8. The van der Waals surface area contributed by atoms with E-state index in [1.165, 1.54) is 0 Å². The number of alkyl halides is 1. The van der Waals surface area contributed by atoms with Gasteiger partial charge in [-0.25, -0.2) is 4.39 Å². The van der Waals surface area contributed by atoms with E-state index in [1.807, 2.05) is 31.9 Å². The Kier molecular flexibility index (Phi) is 4.81. The van der Waals surface area contributed by atoms with Gasteiger partial charge in [-0.3, -0.25) is 19.2 Å². The maximum atomic E-state index is 14.0. The molecule has 1 amide bonds. The first-order valence-corrected chi connectivity index (χ1v) is 8.95.